The zero-order chi connectivity index (χ0) is 13.4. The molecule has 1 heterocycles. The number of H-pyrrole nitrogens is 1. The zero-order valence-electron chi connectivity index (χ0n) is 10.2. The van der Waals surface area contributed by atoms with Crippen molar-refractivity contribution < 1.29 is 9.72 Å². The first kappa shape index (κ1) is 11.7. The van der Waals surface area contributed by atoms with Crippen molar-refractivity contribution in [3.63, 3.8) is 0 Å². The molecule has 1 atom stereocenters. The third kappa shape index (κ3) is 1.85. The highest BCUT2D eigenvalue weighted by molar-refractivity contribution is 5.87. The normalized spacial score (nSPS) is 18.0. The Bertz CT molecular complexity index is 662. The number of nitrogens with one attached hydrogen (secondary N) is 2. The molecule has 1 aliphatic rings. The summed E-state index contributed by atoms with van der Waals surface area (Å²) >= 11 is 0. The van der Waals surface area contributed by atoms with Crippen LogP contribution in [0.25, 0.3) is 10.9 Å². The molecular formula is C13H13N3O3. The van der Waals surface area contributed by atoms with E-state index in [0.29, 0.717) is 6.41 Å². The van der Waals surface area contributed by atoms with Crippen LogP contribution in [0, 0.1) is 10.1 Å². The molecule has 1 aromatic heterocycles. The van der Waals surface area contributed by atoms with Crippen molar-refractivity contribution in [1.29, 1.82) is 0 Å². The summed E-state index contributed by atoms with van der Waals surface area (Å²) in [7, 11) is 0. The highest BCUT2D eigenvalue weighted by Crippen LogP contribution is 2.35. The van der Waals surface area contributed by atoms with Crippen molar-refractivity contribution in [2.24, 2.45) is 0 Å². The summed E-state index contributed by atoms with van der Waals surface area (Å²) in [5.74, 6) is 0. The molecule has 2 aromatic rings. The van der Waals surface area contributed by atoms with Crippen LogP contribution in [0.3, 0.4) is 0 Å². The van der Waals surface area contributed by atoms with Crippen molar-refractivity contribution >= 4 is 23.0 Å². The molecule has 0 radical (unpaired) electrons. The molecule has 6 heteroatoms. The van der Waals surface area contributed by atoms with Crippen molar-refractivity contribution in [3.8, 4) is 0 Å². The molecule has 0 spiro atoms. The van der Waals surface area contributed by atoms with Crippen LogP contribution in [0.2, 0.25) is 0 Å². The number of carbonyl (C=O) groups excluding carboxylic acids is 1. The number of benzene rings is 1. The fourth-order valence-electron chi connectivity index (χ4n) is 2.81. The first-order valence-electron chi connectivity index (χ1n) is 6.19. The number of nitro groups is 1. The lowest BCUT2D eigenvalue weighted by molar-refractivity contribution is -0.384. The molecule has 1 aliphatic carbocycles. The van der Waals surface area contributed by atoms with Gasteiger partial charge in [-0.3, -0.25) is 14.9 Å². The number of non-ortho nitro benzene ring substituents is 1. The van der Waals surface area contributed by atoms with Gasteiger partial charge in [-0.2, -0.15) is 0 Å². The van der Waals surface area contributed by atoms with Gasteiger partial charge in [-0.15, -0.1) is 0 Å². The monoisotopic (exact) mass is 259 g/mol. The average Bonchev–Trinajstić information content (AvgIpc) is 2.78. The van der Waals surface area contributed by atoms with Crippen LogP contribution in [0.5, 0.6) is 0 Å². The van der Waals surface area contributed by atoms with Crippen LogP contribution in [0.1, 0.15) is 30.1 Å². The van der Waals surface area contributed by atoms with E-state index in [2.05, 4.69) is 10.3 Å². The van der Waals surface area contributed by atoms with Gasteiger partial charge in [0.05, 0.1) is 11.0 Å². The number of hydrogen-bond donors (Lipinski definition) is 2. The van der Waals surface area contributed by atoms with E-state index in [0.717, 1.165) is 41.4 Å². The van der Waals surface area contributed by atoms with Gasteiger partial charge >= 0.3 is 0 Å². The molecule has 6 nitrogen and oxygen atoms in total. The van der Waals surface area contributed by atoms with E-state index in [1.807, 2.05) is 0 Å². The number of aryl methyl sites for hydroxylation is 1. The van der Waals surface area contributed by atoms with Crippen LogP contribution in [-0.2, 0) is 11.2 Å². The Morgan fingerprint density at radius 1 is 1.47 bits per heavy atom. The van der Waals surface area contributed by atoms with Crippen LogP contribution in [0.15, 0.2) is 18.2 Å². The summed E-state index contributed by atoms with van der Waals surface area (Å²) in [6, 6.07) is 4.80. The second-order valence-electron chi connectivity index (χ2n) is 4.73. The van der Waals surface area contributed by atoms with Gasteiger partial charge in [-0.25, -0.2) is 0 Å². The number of nitrogens with zero attached hydrogens (tertiary/aromatic N) is 1. The molecule has 19 heavy (non-hydrogen) atoms. The Morgan fingerprint density at radius 2 is 2.32 bits per heavy atom. The minimum atomic E-state index is -0.386. The smallest absolute Gasteiger partial charge is 0.270 e. The van der Waals surface area contributed by atoms with E-state index in [1.165, 1.54) is 6.07 Å². The first-order valence-corrected chi connectivity index (χ1v) is 6.19. The lowest BCUT2D eigenvalue weighted by atomic mass is 9.92. The predicted octanol–water partition coefficient (Wildman–Crippen LogP) is 2.20. The molecule has 1 aromatic carbocycles. The second-order valence-corrected chi connectivity index (χ2v) is 4.73. The van der Waals surface area contributed by atoms with E-state index < -0.39 is 0 Å². The van der Waals surface area contributed by atoms with Gasteiger partial charge in [0, 0.05) is 28.7 Å². The lowest BCUT2D eigenvalue weighted by Crippen LogP contribution is -2.23. The number of aromatic nitrogens is 1. The summed E-state index contributed by atoms with van der Waals surface area (Å²) < 4.78 is 0. The van der Waals surface area contributed by atoms with E-state index in [-0.39, 0.29) is 16.7 Å². The van der Waals surface area contributed by atoms with Gasteiger partial charge < -0.3 is 10.3 Å². The van der Waals surface area contributed by atoms with Crippen LogP contribution < -0.4 is 5.32 Å². The third-order valence-electron chi connectivity index (χ3n) is 3.67. The van der Waals surface area contributed by atoms with E-state index in [1.54, 1.807) is 12.1 Å². The highest BCUT2D eigenvalue weighted by Gasteiger charge is 2.24. The van der Waals surface area contributed by atoms with Crippen molar-refractivity contribution in [2.75, 3.05) is 0 Å². The topological polar surface area (TPSA) is 88.0 Å². The lowest BCUT2D eigenvalue weighted by Gasteiger charge is -2.21. The summed E-state index contributed by atoms with van der Waals surface area (Å²) in [5.41, 5.74) is 3.05. The Labute approximate surface area is 109 Å². The molecule has 0 unspecified atom stereocenters. The Hall–Kier alpha value is -2.37. The predicted molar refractivity (Wildman–Crippen MR) is 69.8 cm³/mol. The molecule has 0 saturated heterocycles. The first-order chi connectivity index (χ1) is 9.20. The number of amides is 1. The van der Waals surface area contributed by atoms with Gasteiger partial charge in [-0.1, -0.05) is 0 Å². The van der Waals surface area contributed by atoms with Crippen molar-refractivity contribution in [2.45, 2.75) is 25.3 Å². The van der Waals surface area contributed by atoms with Gasteiger partial charge in [0.15, 0.2) is 0 Å². The molecule has 0 aliphatic heterocycles. The van der Waals surface area contributed by atoms with Gasteiger partial charge in [0.1, 0.15) is 0 Å². The molecular weight excluding hydrogens is 246 g/mol. The van der Waals surface area contributed by atoms with Gasteiger partial charge in [-0.05, 0) is 30.9 Å². The SMILES string of the molecule is O=CN[C@H]1CCCc2c1[nH]c1ccc([N+](=O)[O-])cc21. The van der Waals surface area contributed by atoms with Crippen LogP contribution in [0.4, 0.5) is 5.69 Å². The minimum Gasteiger partial charge on any atom is -0.356 e. The molecule has 98 valence electrons. The van der Waals surface area contributed by atoms with Crippen molar-refractivity contribution in [1.82, 2.24) is 10.3 Å². The number of rotatable bonds is 3. The Morgan fingerprint density at radius 3 is 3.05 bits per heavy atom. The summed E-state index contributed by atoms with van der Waals surface area (Å²) in [5, 5.41) is 14.5. The largest absolute Gasteiger partial charge is 0.356 e. The second kappa shape index (κ2) is 4.38. The zero-order valence-corrected chi connectivity index (χ0v) is 10.2. The van der Waals surface area contributed by atoms with E-state index in [9.17, 15) is 14.9 Å². The van der Waals surface area contributed by atoms with E-state index >= 15 is 0 Å². The Balaban J connectivity index is 2.16. The molecule has 2 N–H and O–H groups in total. The quantitative estimate of drug-likeness (QED) is 0.503. The standard InChI is InChI=1S/C13H13N3O3/c17-7-14-12-3-1-2-9-10-6-8(16(18)19)4-5-11(10)15-13(9)12/h4-7,12,15H,1-3H2,(H,14,17)/t12-/m0/s1. The minimum absolute atomic E-state index is 0.0206. The number of fused-ring (bicyclic) bond motifs is 3. The van der Waals surface area contributed by atoms with E-state index in [4.69, 9.17) is 0 Å². The molecule has 1 amide bonds. The molecule has 3 rings (SSSR count). The molecule has 0 fully saturated rings. The molecule has 0 bridgehead atoms. The Kier molecular flexibility index (Phi) is 2.70. The fourth-order valence-corrected chi connectivity index (χ4v) is 2.81. The summed E-state index contributed by atoms with van der Waals surface area (Å²) in [6.45, 7) is 0. The van der Waals surface area contributed by atoms with Crippen molar-refractivity contribution in [3.05, 3.63) is 39.6 Å². The number of nitro benzene ring substituents is 1. The number of hydrogen-bond acceptors (Lipinski definition) is 3. The highest BCUT2D eigenvalue weighted by atomic mass is 16.6. The average molecular weight is 259 g/mol. The third-order valence-corrected chi connectivity index (χ3v) is 3.67. The van der Waals surface area contributed by atoms with Crippen LogP contribution in [-0.4, -0.2) is 16.3 Å². The number of aromatic amines is 1. The maximum atomic E-state index is 10.8. The van der Waals surface area contributed by atoms with Gasteiger partial charge in [0.2, 0.25) is 6.41 Å². The number of carbonyl (C=O) groups is 1. The maximum absolute atomic E-state index is 10.8. The maximum Gasteiger partial charge on any atom is 0.270 e. The van der Waals surface area contributed by atoms with Gasteiger partial charge in [0.25, 0.3) is 5.69 Å². The summed E-state index contributed by atoms with van der Waals surface area (Å²) in [4.78, 5) is 24.4. The fraction of sp³-hybridized carbons (Fsp3) is 0.308. The van der Waals surface area contributed by atoms with Crippen LogP contribution >= 0.6 is 0 Å². The summed E-state index contributed by atoms with van der Waals surface area (Å²) in [6.07, 6.45) is 3.44. The molecule has 0 saturated carbocycles.